The first kappa shape index (κ1) is 13.7. The highest BCUT2D eigenvalue weighted by Gasteiger charge is 2.19. The fraction of sp³-hybridized carbons (Fsp3) is 0.250. The van der Waals surface area contributed by atoms with Gasteiger partial charge in [-0.05, 0) is 6.42 Å². The van der Waals surface area contributed by atoms with Crippen LogP contribution in [0.15, 0.2) is 30.9 Å². The molecule has 1 aromatic rings. The van der Waals surface area contributed by atoms with E-state index in [0.717, 1.165) is 0 Å². The van der Waals surface area contributed by atoms with Crippen LogP contribution in [0.4, 0.5) is 5.69 Å². The van der Waals surface area contributed by atoms with Gasteiger partial charge < -0.3 is 9.47 Å². The summed E-state index contributed by atoms with van der Waals surface area (Å²) in [6.07, 6.45) is 2.02. The van der Waals surface area contributed by atoms with Gasteiger partial charge in [0.05, 0.1) is 12.0 Å². The van der Waals surface area contributed by atoms with Gasteiger partial charge in [-0.25, -0.2) is 4.79 Å². The largest absolute Gasteiger partial charge is 0.475 e. The summed E-state index contributed by atoms with van der Waals surface area (Å²) in [4.78, 5) is 21.3. The number of carbonyl (C=O) groups excluding carboxylic acids is 1. The minimum Gasteiger partial charge on any atom is -0.475 e. The van der Waals surface area contributed by atoms with Crippen LogP contribution in [0.3, 0.4) is 0 Å². The Morgan fingerprint density at radius 3 is 2.83 bits per heavy atom. The van der Waals surface area contributed by atoms with Crippen LogP contribution in [-0.2, 0) is 16.0 Å². The van der Waals surface area contributed by atoms with Crippen molar-refractivity contribution in [2.75, 3.05) is 13.7 Å². The molecular formula is C12H13NO5. The summed E-state index contributed by atoms with van der Waals surface area (Å²) in [5.74, 6) is -0.523. The molecule has 0 spiro atoms. The average Bonchev–Trinajstić information content (AvgIpc) is 2.36. The Hall–Kier alpha value is -2.37. The van der Waals surface area contributed by atoms with E-state index in [1.54, 1.807) is 18.2 Å². The Kier molecular flexibility index (Phi) is 4.86. The normalized spacial score (nSPS) is 9.61. The lowest BCUT2D eigenvalue weighted by Crippen LogP contribution is -2.14. The molecule has 0 N–H and O–H groups in total. The molecule has 0 aliphatic heterocycles. The maximum absolute atomic E-state index is 11.0. The van der Waals surface area contributed by atoms with Crippen LogP contribution in [0.1, 0.15) is 5.56 Å². The van der Waals surface area contributed by atoms with Crippen molar-refractivity contribution < 1.29 is 19.2 Å². The topological polar surface area (TPSA) is 78.7 Å². The van der Waals surface area contributed by atoms with Gasteiger partial charge in [-0.1, -0.05) is 18.2 Å². The van der Waals surface area contributed by atoms with Gasteiger partial charge in [-0.2, -0.15) is 0 Å². The Labute approximate surface area is 104 Å². The van der Waals surface area contributed by atoms with Crippen LogP contribution in [0.2, 0.25) is 0 Å². The van der Waals surface area contributed by atoms with Gasteiger partial charge in [0.1, 0.15) is 0 Å². The van der Waals surface area contributed by atoms with Gasteiger partial charge in [-0.3, -0.25) is 10.1 Å². The lowest BCUT2D eigenvalue weighted by atomic mass is 10.1. The molecule has 0 fully saturated rings. The first-order valence-corrected chi connectivity index (χ1v) is 5.17. The summed E-state index contributed by atoms with van der Waals surface area (Å²) in [7, 11) is 1.22. The number of hydrogen-bond acceptors (Lipinski definition) is 5. The number of para-hydroxylation sites is 1. The molecule has 0 bridgehead atoms. The number of nitro benzene ring substituents is 1. The molecule has 0 radical (unpaired) electrons. The van der Waals surface area contributed by atoms with Crippen molar-refractivity contribution in [1.29, 1.82) is 0 Å². The van der Waals surface area contributed by atoms with E-state index in [9.17, 15) is 14.9 Å². The second kappa shape index (κ2) is 6.39. The minimum atomic E-state index is -0.599. The summed E-state index contributed by atoms with van der Waals surface area (Å²) in [6.45, 7) is 3.20. The maximum atomic E-state index is 11.0. The van der Waals surface area contributed by atoms with Crippen molar-refractivity contribution in [3.63, 3.8) is 0 Å². The Morgan fingerprint density at radius 1 is 1.56 bits per heavy atom. The van der Waals surface area contributed by atoms with E-state index in [4.69, 9.17) is 4.74 Å². The van der Waals surface area contributed by atoms with Crippen molar-refractivity contribution in [3.8, 4) is 5.75 Å². The second-order valence-electron chi connectivity index (χ2n) is 3.38. The number of methoxy groups -OCH3 is 1. The summed E-state index contributed by atoms with van der Waals surface area (Å²) in [5.41, 5.74) is 0.418. The lowest BCUT2D eigenvalue weighted by molar-refractivity contribution is -0.385. The molecule has 0 atom stereocenters. The summed E-state index contributed by atoms with van der Waals surface area (Å²) in [6, 6.07) is 4.56. The van der Waals surface area contributed by atoms with Crippen LogP contribution >= 0.6 is 0 Å². The number of esters is 1. The number of rotatable bonds is 6. The highest BCUT2D eigenvalue weighted by molar-refractivity contribution is 5.71. The molecule has 0 heterocycles. The number of ether oxygens (including phenoxy) is 2. The smallest absolute Gasteiger partial charge is 0.343 e. The van der Waals surface area contributed by atoms with Gasteiger partial charge in [0.15, 0.2) is 6.61 Å². The molecule has 6 heteroatoms. The molecule has 96 valence electrons. The zero-order valence-corrected chi connectivity index (χ0v) is 9.92. The molecule has 0 amide bonds. The summed E-state index contributed by atoms with van der Waals surface area (Å²) < 4.78 is 9.59. The monoisotopic (exact) mass is 251 g/mol. The third-order valence-corrected chi connectivity index (χ3v) is 2.20. The van der Waals surface area contributed by atoms with E-state index in [-0.39, 0.29) is 18.0 Å². The molecule has 18 heavy (non-hydrogen) atoms. The molecule has 0 unspecified atom stereocenters. The second-order valence-corrected chi connectivity index (χ2v) is 3.38. The van der Waals surface area contributed by atoms with Crippen LogP contribution in [0.5, 0.6) is 5.75 Å². The quantitative estimate of drug-likeness (QED) is 0.334. The third-order valence-electron chi connectivity index (χ3n) is 2.20. The Balaban J connectivity index is 3.06. The van der Waals surface area contributed by atoms with Crippen molar-refractivity contribution in [2.24, 2.45) is 0 Å². The number of hydrogen-bond donors (Lipinski definition) is 0. The van der Waals surface area contributed by atoms with Crippen molar-refractivity contribution >= 4 is 11.7 Å². The van der Waals surface area contributed by atoms with Crippen molar-refractivity contribution in [1.82, 2.24) is 0 Å². The average molecular weight is 251 g/mol. The predicted molar refractivity (Wildman–Crippen MR) is 64.5 cm³/mol. The molecule has 0 aliphatic rings. The number of nitrogens with zero attached hydrogens (tertiary/aromatic N) is 1. The Morgan fingerprint density at radius 2 is 2.28 bits per heavy atom. The van der Waals surface area contributed by atoms with Crippen LogP contribution in [-0.4, -0.2) is 24.6 Å². The zero-order valence-electron chi connectivity index (χ0n) is 9.92. The zero-order chi connectivity index (χ0) is 13.5. The molecule has 1 rings (SSSR count). The van der Waals surface area contributed by atoms with Gasteiger partial charge in [0, 0.05) is 11.6 Å². The Bertz CT molecular complexity index is 470. The summed E-state index contributed by atoms with van der Waals surface area (Å²) >= 11 is 0. The fourth-order valence-electron chi connectivity index (χ4n) is 1.39. The fourth-order valence-corrected chi connectivity index (χ4v) is 1.39. The molecule has 0 saturated heterocycles. The van der Waals surface area contributed by atoms with Gasteiger partial charge in [-0.15, -0.1) is 6.58 Å². The van der Waals surface area contributed by atoms with Crippen LogP contribution in [0.25, 0.3) is 0 Å². The molecule has 0 aliphatic carbocycles. The van der Waals surface area contributed by atoms with Crippen molar-refractivity contribution in [2.45, 2.75) is 6.42 Å². The highest BCUT2D eigenvalue weighted by Crippen LogP contribution is 2.31. The van der Waals surface area contributed by atoms with E-state index in [1.807, 2.05) is 0 Å². The SMILES string of the molecule is C=CCc1cccc([N+](=O)[O-])c1OCC(=O)OC. The minimum absolute atomic E-state index is 0.0767. The lowest BCUT2D eigenvalue weighted by Gasteiger charge is -2.09. The molecule has 1 aromatic carbocycles. The van der Waals surface area contributed by atoms with Crippen molar-refractivity contribution in [3.05, 3.63) is 46.5 Å². The maximum Gasteiger partial charge on any atom is 0.343 e. The first-order chi connectivity index (χ1) is 8.60. The molecular weight excluding hydrogens is 238 g/mol. The van der Waals surface area contributed by atoms with Gasteiger partial charge in [0.2, 0.25) is 5.75 Å². The molecule has 0 saturated carbocycles. The van der Waals surface area contributed by atoms with Gasteiger partial charge in [0.25, 0.3) is 0 Å². The van der Waals surface area contributed by atoms with E-state index >= 15 is 0 Å². The third kappa shape index (κ3) is 3.31. The standard InChI is InChI=1S/C12H13NO5/c1-3-5-9-6-4-7-10(13(15)16)12(9)18-8-11(14)17-2/h3-4,6-7H,1,5,8H2,2H3. The number of allylic oxidation sites excluding steroid dienone is 1. The van der Waals surface area contributed by atoms with Gasteiger partial charge >= 0.3 is 11.7 Å². The first-order valence-electron chi connectivity index (χ1n) is 5.17. The molecule has 0 aromatic heterocycles. The highest BCUT2D eigenvalue weighted by atomic mass is 16.6. The number of nitro groups is 1. The van der Waals surface area contributed by atoms with E-state index in [0.29, 0.717) is 12.0 Å². The van der Waals surface area contributed by atoms with E-state index in [2.05, 4.69) is 11.3 Å². The van der Waals surface area contributed by atoms with E-state index in [1.165, 1.54) is 13.2 Å². The summed E-state index contributed by atoms with van der Waals surface area (Å²) in [5, 5.41) is 10.9. The van der Waals surface area contributed by atoms with E-state index < -0.39 is 10.9 Å². The van der Waals surface area contributed by atoms with Crippen LogP contribution < -0.4 is 4.74 Å². The predicted octanol–water partition coefficient (Wildman–Crippen LogP) is 1.88. The molecule has 6 nitrogen and oxygen atoms in total. The number of carbonyl (C=O) groups is 1. The van der Waals surface area contributed by atoms with Crippen LogP contribution in [0, 0.1) is 10.1 Å². The number of benzene rings is 1.